The number of H-pyrrole nitrogens is 2. The molecule has 2 heterocycles. The lowest BCUT2D eigenvalue weighted by Gasteiger charge is -2.09. The van der Waals surface area contributed by atoms with Crippen LogP contribution in [0.15, 0.2) is 53.3 Å². The number of para-hydroxylation sites is 1. The summed E-state index contributed by atoms with van der Waals surface area (Å²) in [5, 5.41) is 3.68. The van der Waals surface area contributed by atoms with Crippen LogP contribution in [0.3, 0.4) is 0 Å². The number of aryl methyl sites for hydroxylation is 1. The fourth-order valence-corrected chi connectivity index (χ4v) is 2.80. The smallest absolute Gasteiger partial charge is 0.322 e. The van der Waals surface area contributed by atoms with Crippen molar-refractivity contribution in [1.82, 2.24) is 15.0 Å². The van der Waals surface area contributed by atoms with Gasteiger partial charge in [-0.15, -0.1) is 0 Å². The maximum atomic E-state index is 12.7. The van der Waals surface area contributed by atoms with E-state index in [9.17, 15) is 9.59 Å². The van der Waals surface area contributed by atoms with Crippen LogP contribution in [-0.4, -0.2) is 20.9 Å². The maximum Gasteiger partial charge on any atom is 0.323 e. The molecule has 0 spiro atoms. The number of fused-ring (bicyclic) bond motifs is 2. The van der Waals surface area contributed by atoms with Crippen LogP contribution in [0.2, 0.25) is 0 Å². The number of carbonyl (C=O) groups excluding carboxylic acids is 1. The lowest BCUT2D eigenvalue weighted by atomic mass is 10.1. The Morgan fingerprint density at radius 2 is 1.83 bits per heavy atom. The van der Waals surface area contributed by atoms with Crippen LogP contribution in [-0.2, 0) is 0 Å². The van der Waals surface area contributed by atoms with E-state index in [-0.39, 0.29) is 11.6 Å². The van der Waals surface area contributed by atoms with Crippen LogP contribution in [0.5, 0.6) is 0 Å². The van der Waals surface area contributed by atoms with Gasteiger partial charge in [-0.05, 0) is 37.3 Å². The van der Waals surface area contributed by atoms with E-state index in [0.29, 0.717) is 22.3 Å². The molecule has 118 valence electrons. The number of aromatic amines is 2. The highest BCUT2D eigenvalue weighted by atomic mass is 16.2. The van der Waals surface area contributed by atoms with E-state index in [1.54, 1.807) is 24.3 Å². The molecule has 0 bridgehead atoms. The molecule has 3 N–H and O–H groups in total. The number of benzene rings is 2. The minimum atomic E-state index is -0.274. The van der Waals surface area contributed by atoms with Gasteiger partial charge in [0.05, 0.1) is 22.1 Å². The van der Waals surface area contributed by atoms with Gasteiger partial charge < -0.3 is 15.3 Å². The van der Waals surface area contributed by atoms with Gasteiger partial charge in [-0.1, -0.05) is 18.2 Å². The SMILES string of the molecule is Cc1cc(C(=O)Nc2ccc3[nH]c(=O)[nH]c3c2)c2ccccc2n1. The molecule has 6 heteroatoms. The van der Waals surface area contributed by atoms with E-state index in [1.165, 1.54) is 0 Å². The quantitative estimate of drug-likeness (QED) is 0.530. The number of nitrogens with one attached hydrogen (secondary N) is 3. The second-order valence-electron chi connectivity index (χ2n) is 5.62. The molecule has 0 aliphatic rings. The van der Waals surface area contributed by atoms with Gasteiger partial charge >= 0.3 is 5.69 Å². The minimum Gasteiger partial charge on any atom is -0.322 e. The summed E-state index contributed by atoms with van der Waals surface area (Å²) in [5.41, 5.74) is 3.82. The number of hydrogen-bond acceptors (Lipinski definition) is 3. The molecule has 4 rings (SSSR count). The van der Waals surface area contributed by atoms with Gasteiger partial charge in [-0.25, -0.2) is 4.79 Å². The molecule has 0 aliphatic heterocycles. The van der Waals surface area contributed by atoms with Crippen molar-refractivity contribution >= 4 is 33.5 Å². The van der Waals surface area contributed by atoms with Crippen molar-refractivity contribution in [2.75, 3.05) is 5.32 Å². The van der Waals surface area contributed by atoms with Crippen molar-refractivity contribution in [2.24, 2.45) is 0 Å². The number of imidazole rings is 1. The monoisotopic (exact) mass is 318 g/mol. The third-order valence-electron chi connectivity index (χ3n) is 3.86. The zero-order chi connectivity index (χ0) is 16.7. The standard InChI is InChI=1S/C18H14N4O2/c1-10-8-13(12-4-2-3-5-14(12)19-10)17(23)20-11-6-7-15-16(9-11)22-18(24)21-15/h2-9H,1H3,(H,20,23)(H2,21,22,24). The Morgan fingerprint density at radius 1 is 1.04 bits per heavy atom. The summed E-state index contributed by atoms with van der Waals surface area (Å²) in [6, 6.07) is 14.5. The molecule has 24 heavy (non-hydrogen) atoms. The van der Waals surface area contributed by atoms with Gasteiger partial charge in [0.15, 0.2) is 0 Å². The van der Waals surface area contributed by atoms with Crippen molar-refractivity contribution in [3.05, 3.63) is 70.3 Å². The minimum absolute atomic E-state index is 0.214. The lowest BCUT2D eigenvalue weighted by Crippen LogP contribution is -2.13. The summed E-state index contributed by atoms with van der Waals surface area (Å²) in [6.45, 7) is 1.86. The number of pyridine rings is 1. The highest BCUT2D eigenvalue weighted by Gasteiger charge is 2.12. The molecular formula is C18H14N4O2. The molecule has 0 aliphatic carbocycles. The van der Waals surface area contributed by atoms with Crippen molar-refractivity contribution in [1.29, 1.82) is 0 Å². The number of amides is 1. The second-order valence-corrected chi connectivity index (χ2v) is 5.62. The highest BCUT2D eigenvalue weighted by molar-refractivity contribution is 6.12. The first-order valence-electron chi connectivity index (χ1n) is 7.50. The first-order valence-corrected chi connectivity index (χ1v) is 7.50. The van der Waals surface area contributed by atoms with Crippen LogP contribution in [0, 0.1) is 6.92 Å². The zero-order valence-corrected chi connectivity index (χ0v) is 12.9. The van der Waals surface area contributed by atoms with Crippen LogP contribution >= 0.6 is 0 Å². The normalized spacial score (nSPS) is 11.0. The van der Waals surface area contributed by atoms with Crippen LogP contribution in [0.4, 0.5) is 5.69 Å². The van der Waals surface area contributed by atoms with Crippen molar-refractivity contribution in [2.45, 2.75) is 6.92 Å². The molecule has 0 radical (unpaired) electrons. The van der Waals surface area contributed by atoms with E-state index in [2.05, 4.69) is 20.3 Å². The molecule has 0 unspecified atom stereocenters. The highest BCUT2D eigenvalue weighted by Crippen LogP contribution is 2.21. The van der Waals surface area contributed by atoms with E-state index in [0.717, 1.165) is 16.6 Å². The van der Waals surface area contributed by atoms with Crippen molar-refractivity contribution in [3.63, 3.8) is 0 Å². The summed E-state index contributed by atoms with van der Waals surface area (Å²) in [5.74, 6) is -0.214. The summed E-state index contributed by atoms with van der Waals surface area (Å²) in [7, 11) is 0. The molecule has 2 aromatic heterocycles. The van der Waals surface area contributed by atoms with E-state index < -0.39 is 0 Å². The first-order chi connectivity index (χ1) is 11.6. The molecule has 6 nitrogen and oxygen atoms in total. The number of aromatic nitrogens is 3. The molecule has 4 aromatic rings. The van der Waals surface area contributed by atoms with Crippen molar-refractivity contribution in [3.8, 4) is 0 Å². The molecule has 0 atom stereocenters. The summed E-state index contributed by atoms with van der Waals surface area (Å²) in [6.07, 6.45) is 0. The average Bonchev–Trinajstić information content (AvgIpc) is 2.93. The first kappa shape index (κ1) is 14.2. The summed E-state index contributed by atoms with van der Waals surface area (Å²) < 4.78 is 0. The fourth-order valence-electron chi connectivity index (χ4n) is 2.80. The number of nitrogens with zero attached hydrogens (tertiary/aromatic N) is 1. The maximum absolute atomic E-state index is 12.7. The van der Waals surface area contributed by atoms with Gasteiger partial charge in [0.25, 0.3) is 5.91 Å². The van der Waals surface area contributed by atoms with E-state index in [4.69, 9.17) is 0 Å². The zero-order valence-electron chi connectivity index (χ0n) is 12.9. The summed E-state index contributed by atoms with van der Waals surface area (Å²) in [4.78, 5) is 33.8. The largest absolute Gasteiger partial charge is 0.323 e. The van der Waals surface area contributed by atoms with E-state index >= 15 is 0 Å². The van der Waals surface area contributed by atoms with Gasteiger partial charge in [0, 0.05) is 16.8 Å². The van der Waals surface area contributed by atoms with Crippen molar-refractivity contribution < 1.29 is 4.79 Å². The van der Waals surface area contributed by atoms with Crippen LogP contribution < -0.4 is 11.0 Å². The van der Waals surface area contributed by atoms with Crippen LogP contribution in [0.25, 0.3) is 21.9 Å². The Morgan fingerprint density at radius 3 is 2.71 bits per heavy atom. The number of carbonyl (C=O) groups is 1. The average molecular weight is 318 g/mol. The predicted molar refractivity (Wildman–Crippen MR) is 93.4 cm³/mol. The molecule has 0 fully saturated rings. The lowest BCUT2D eigenvalue weighted by molar-refractivity contribution is 0.102. The predicted octanol–water partition coefficient (Wildman–Crippen LogP) is 2.97. The summed E-state index contributed by atoms with van der Waals surface area (Å²) >= 11 is 0. The Hall–Kier alpha value is -3.41. The molecular weight excluding hydrogens is 304 g/mol. The van der Waals surface area contributed by atoms with E-state index in [1.807, 2.05) is 31.2 Å². The Labute approximate surface area is 136 Å². The Bertz CT molecular complexity index is 1140. The van der Waals surface area contributed by atoms with Gasteiger partial charge in [-0.2, -0.15) is 0 Å². The topological polar surface area (TPSA) is 90.6 Å². The molecule has 0 saturated carbocycles. The Balaban J connectivity index is 1.74. The number of anilines is 1. The second kappa shape index (κ2) is 5.34. The van der Waals surface area contributed by atoms with Gasteiger partial charge in [0.1, 0.15) is 0 Å². The van der Waals surface area contributed by atoms with Crippen LogP contribution in [0.1, 0.15) is 16.1 Å². The fraction of sp³-hybridized carbons (Fsp3) is 0.0556. The molecule has 1 amide bonds. The van der Waals surface area contributed by atoms with Gasteiger partial charge in [-0.3, -0.25) is 9.78 Å². The number of hydrogen-bond donors (Lipinski definition) is 3. The van der Waals surface area contributed by atoms with Gasteiger partial charge in [0.2, 0.25) is 0 Å². The molecule has 2 aromatic carbocycles. The molecule has 0 saturated heterocycles. The third-order valence-corrected chi connectivity index (χ3v) is 3.86. The number of rotatable bonds is 2. The third kappa shape index (κ3) is 2.44. The Kier molecular flexibility index (Phi) is 3.16.